The third-order valence-corrected chi connectivity index (χ3v) is 5.19. The summed E-state index contributed by atoms with van der Waals surface area (Å²) < 4.78 is 6.13. The largest absolute Gasteiger partial charge is 0.504 e. The average Bonchev–Trinajstić information content (AvgIpc) is 2.62. The lowest BCUT2D eigenvalue weighted by molar-refractivity contribution is -0.107. The second kappa shape index (κ2) is 9.45. The summed E-state index contributed by atoms with van der Waals surface area (Å²) in [5, 5.41) is 21.5. The van der Waals surface area contributed by atoms with Crippen LogP contribution in [-0.2, 0) is 6.42 Å². The third kappa shape index (κ3) is 5.38. The van der Waals surface area contributed by atoms with Gasteiger partial charge in [-0.05, 0) is 44.0 Å². The minimum absolute atomic E-state index is 0. The highest BCUT2D eigenvalue weighted by Gasteiger charge is 2.43. The number of phenols is 1. The molecule has 2 unspecified atom stereocenters. The van der Waals surface area contributed by atoms with Crippen LogP contribution in [0.1, 0.15) is 30.9 Å². The first-order chi connectivity index (χ1) is 12.5. The zero-order valence-corrected chi connectivity index (χ0v) is 16.9. The van der Waals surface area contributed by atoms with Gasteiger partial charge in [-0.3, -0.25) is 4.90 Å². The zero-order chi connectivity index (χ0) is 18.6. The summed E-state index contributed by atoms with van der Waals surface area (Å²) in [6.07, 6.45) is 1.88. The van der Waals surface area contributed by atoms with Crippen LogP contribution < -0.4 is 4.74 Å². The number of aliphatic hydroxyl groups is 1. The molecule has 2 aromatic rings. The van der Waals surface area contributed by atoms with Gasteiger partial charge in [0.2, 0.25) is 0 Å². The van der Waals surface area contributed by atoms with E-state index in [1.165, 1.54) is 5.56 Å². The predicted octanol–water partition coefficient (Wildman–Crippen LogP) is 3.96. The molecule has 148 valence electrons. The highest BCUT2D eigenvalue weighted by molar-refractivity contribution is 5.85. The number of hydrogen-bond donors (Lipinski definition) is 2. The van der Waals surface area contributed by atoms with E-state index in [4.69, 9.17) is 4.74 Å². The maximum Gasteiger partial charge on any atom is 0.161 e. The normalized spacial score (nSPS) is 22.9. The van der Waals surface area contributed by atoms with E-state index < -0.39 is 11.7 Å². The molecule has 27 heavy (non-hydrogen) atoms. The highest BCUT2D eigenvalue weighted by atomic mass is 35.5. The molecule has 0 saturated carbocycles. The molecule has 2 N–H and O–H groups in total. The number of likely N-dealkylation sites (tertiary alicyclic amines) is 1. The van der Waals surface area contributed by atoms with Crippen LogP contribution in [0.4, 0.5) is 0 Å². The summed E-state index contributed by atoms with van der Waals surface area (Å²) >= 11 is 0. The number of para-hydroxylation sites is 2. The molecular formula is C22H30ClNO3. The van der Waals surface area contributed by atoms with Crippen molar-refractivity contribution in [3.63, 3.8) is 0 Å². The number of ether oxygens (including phenoxy) is 1. The monoisotopic (exact) mass is 391 g/mol. The Morgan fingerprint density at radius 3 is 2.52 bits per heavy atom. The molecule has 0 aliphatic carbocycles. The molecule has 0 aromatic heterocycles. The molecule has 4 nitrogen and oxygen atoms in total. The van der Waals surface area contributed by atoms with E-state index in [2.05, 4.69) is 43.0 Å². The van der Waals surface area contributed by atoms with Gasteiger partial charge >= 0.3 is 0 Å². The topological polar surface area (TPSA) is 52.9 Å². The fraction of sp³-hybridized carbons (Fsp3) is 0.455. The maximum absolute atomic E-state index is 11.5. The molecule has 1 saturated heterocycles. The Labute approximate surface area is 168 Å². The Balaban J connectivity index is 0.00000261. The van der Waals surface area contributed by atoms with Crippen LogP contribution in [0.3, 0.4) is 0 Å². The van der Waals surface area contributed by atoms with E-state index in [1.54, 1.807) is 18.2 Å². The van der Waals surface area contributed by atoms with E-state index in [9.17, 15) is 10.2 Å². The smallest absolute Gasteiger partial charge is 0.161 e. The molecule has 1 aliphatic rings. The summed E-state index contributed by atoms with van der Waals surface area (Å²) in [4.78, 5) is 2.33. The van der Waals surface area contributed by atoms with Gasteiger partial charge in [0.05, 0.1) is 0 Å². The fourth-order valence-corrected chi connectivity index (χ4v) is 3.65. The fourth-order valence-electron chi connectivity index (χ4n) is 3.65. The van der Waals surface area contributed by atoms with Gasteiger partial charge in [-0.25, -0.2) is 0 Å². The van der Waals surface area contributed by atoms with Gasteiger partial charge in [-0.1, -0.05) is 48.9 Å². The Hall–Kier alpha value is -1.75. The van der Waals surface area contributed by atoms with E-state index in [0.717, 1.165) is 25.1 Å². The quantitative estimate of drug-likeness (QED) is 0.782. The molecule has 1 heterocycles. The molecule has 5 heteroatoms. The van der Waals surface area contributed by atoms with Crippen molar-refractivity contribution < 1.29 is 14.9 Å². The first-order valence-electron chi connectivity index (χ1n) is 9.45. The van der Waals surface area contributed by atoms with Gasteiger partial charge in [0.25, 0.3) is 0 Å². The average molecular weight is 392 g/mol. The van der Waals surface area contributed by atoms with Crippen molar-refractivity contribution in [2.75, 3.05) is 19.6 Å². The van der Waals surface area contributed by atoms with Crippen LogP contribution >= 0.6 is 12.4 Å². The Kier molecular flexibility index (Phi) is 7.54. The first-order valence-corrected chi connectivity index (χ1v) is 9.45. The number of hydrogen-bond acceptors (Lipinski definition) is 4. The van der Waals surface area contributed by atoms with Crippen LogP contribution in [0.5, 0.6) is 11.5 Å². The maximum atomic E-state index is 11.5. The van der Waals surface area contributed by atoms with Gasteiger partial charge in [-0.2, -0.15) is 0 Å². The van der Waals surface area contributed by atoms with Gasteiger partial charge in [-0.15, -0.1) is 12.4 Å². The van der Waals surface area contributed by atoms with Crippen LogP contribution in [0.25, 0.3) is 0 Å². The number of phenolic OH excluding ortho intramolecular Hbond substituents is 1. The highest BCUT2D eigenvalue weighted by Crippen LogP contribution is 2.33. The second-order valence-electron chi connectivity index (χ2n) is 7.39. The zero-order valence-electron chi connectivity index (χ0n) is 16.1. The summed E-state index contributed by atoms with van der Waals surface area (Å²) in [6.45, 7) is 6.72. The van der Waals surface area contributed by atoms with Crippen molar-refractivity contribution >= 4 is 12.4 Å². The van der Waals surface area contributed by atoms with Crippen molar-refractivity contribution in [2.24, 2.45) is 0 Å². The third-order valence-electron chi connectivity index (χ3n) is 5.19. The van der Waals surface area contributed by atoms with E-state index in [1.807, 2.05) is 6.07 Å². The summed E-state index contributed by atoms with van der Waals surface area (Å²) in [7, 11) is 0. The Morgan fingerprint density at radius 2 is 1.85 bits per heavy atom. The predicted molar refractivity (Wildman–Crippen MR) is 111 cm³/mol. The number of nitrogens with zero attached hydrogens (tertiary/aromatic N) is 1. The first kappa shape index (κ1) is 21.5. The standard InChI is InChI=1S/C22H29NO3.ClH/c1-3-13-23-14-12-22(25,15-18-10-8-17(2)9-11-18)21(16-23)26-20-7-5-4-6-19(20)24;/h4-11,21,24-25H,3,12-16H2,1-2H3;1H. The molecule has 0 radical (unpaired) electrons. The molecule has 3 rings (SSSR count). The van der Waals surface area contributed by atoms with Gasteiger partial charge in [0.15, 0.2) is 11.5 Å². The van der Waals surface area contributed by atoms with Crippen molar-refractivity contribution in [3.05, 3.63) is 59.7 Å². The molecule has 0 bridgehead atoms. The Morgan fingerprint density at radius 1 is 1.15 bits per heavy atom. The molecule has 2 aromatic carbocycles. The van der Waals surface area contributed by atoms with Crippen LogP contribution in [-0.4, -0.2) is 46.5 Å². The van der Waals surface area contributed by atoms with Gasteiger partial charge < -0.3 is 14.9 Å². The number of aryl methyl sites for hydroxylation is 1. The molecule has 0 spiro atoms. The van der Waals surface area contributed by atoms with Gasteiger partial charge in [0, 0.05) is 19.5 Å². The lowest BCUT2D eigenvalue weighted by Crippen LogP contribution is -2.59. The molecule has 1 aliphatic heterocycles. The van der Waals surface area contributed by atoms with Crippen LogP contribution in [0.2, 0.25) is 0 Å². The van der Waals surface area contributed by atoms with Crippen molar-refractivity contribution in [1.82, 2.24) is 4.90 Å². The molecule has 1 fully saturated rings. The number of benzene rings is 2. The summed E-state index contributed by atoms with van der Waals surface area (Å²) in [5.41, 5.74) is 1.36. The number of piperidine rings is 1. The number of rotatable bonds is 6. The SMILES string of the molecule is CCCN1CCC(O)(Cc2ccc(C)cc2)C(Oc2ccccc2O)C1.Cl. The van der Waals surface area contributed by atoms with E-state index in [-0.39, 0.29) is 18.2 Å². The lowest BCUT2D eigenvalue weighted by atomic mass is 9.82. The van der Waals surface area contributed by atoms with Gasteiger partial charge in [0.1, 0.15) is 11.7 Å². The summed E-state index contributed by atoms with van der Waals surface area (Å²) in [6, 6.07) is 15.3. The molecule has 0 amide bonds. The minimum atomic E-state index is -0.957. The Bertz CT molecular complexity index is 722. The number of halogens is 1. The van der Waals surface area contributed by atoms with E-state index >= 15 is 0 Å². The van der Waals surface area contributed by atoms with Crippen LogP contribution in [0.15, 0.2) is 48.5 Å². The number of aromatic hydroxyl groups is 1. The second-order valence-corrected chi connectivity index (χ2v) is 7.39. The molecule has 2 atom stereocenters. The van der Waals surface area contributed by atoms with Crippen molar-refractivity contribution in [3.8, 4) is 11.5 Å². The summed E-state index contributed by atoms with van der Waals surface area (Å²) in [5.74, 6) is 0.538. The lowest BCUT2D eigenvalue weighted by Gasteiger charge is -2.44. The molecular weight excluding hydrogens is 362 g/mol. The van der Waals surface area contributed by atoms with Crippen molar-refractivity contribution in [1.29, 1.82) is 0 Å². The minimum Gasteiger partial charge on any atom is -0.504 e. The van der Waals surface area contributed by atoms with Crippen LogP contribution in [0, 0.1) is 6.92 Å². The van der Waals surface area contributed by atoms with E-state index in [0.29, 0.717) is 25.1 Å². The van der Waals surface area contributed by atoms with Crippen molar-refractivity contribution in [2.45, 2.75) is 44.8 Å².